The minimum atomic E-state index is -0.179. The molecule has 1 aliphatic heterocycles. The van der Waals surface area contributed by atoms with Crippen LogP contribution < -0.4 is 10.6 Å². The molecule has 0 aromatic rings. The highest BCUT2D eigenvalue weighted by molar-refractivity contribution is 6.01. The van der Waals surface area contributed by atoms with Crippen molar-refractivity contribution in [3.8, 4) is 0 Å². The van der Waals surface area contributed by atoms with Gasteiger partial charge in [-0.15, -0.1) is 0 Å². The van der Waals surface area contributed by atoms with Crippen LogP contribution in [0.25, 0.3) is 0 Å². The lowest BCUT2D eigenvalue weighted by Gasteiger charge is -2.57. The van der Waals surface area contributed by atoms with E-state index in [9.17, 15) is 9.59 Å². The smallest absolute Gasteiger partial charge is 0.224 e. The van der Waals surface area contributed by atoms with Crippen molar-refractivity contribution in [1.82, 2.24) is 10.6 Å². The normalized spacial score (nSPS) is 43.1. The zero-order valence-corrected chi connectivity index (χ0v) is 17.4. The Morgan fingerprint density at radius 3 is 2.63 bits per heavy atom. The number of rotatable bonds is 1. The van der Waals surface area contributed by atoms with Gasteiger partial charge in [-0.05, 0) is 75.7 Å². The van der Waals surface area contributed by atoms with Gasteiger partial charge in [0.2, 0.25) is 5.91 Å². The standard InChI is InChI=1S/C23H34N2O2/c1-21(2,3)25-20(27)18-7-6-16-15-13-24-19-12-14(26)8-10-23(19,5)17(15)9-11-22(16,18)4/h8,10,12,15-18,24H,6-7,9,11,13H2,1-5H3,(H,25,27)/t15-,16-,17+,18?,22-,23+/m0/s1. The van der Waals surface area contributed by atoms with Gasteiger partial charge in [-0.25, -0.2) is 0 Å². The molecule has 0 spiro atoms. The average Bonchev–Trinajstić information content (AvgIpc) is 2.91. The molecule has 2 N–H and O–H groups in total. The van der Waals surface area contributed by atoms with Crippen LogP contribution in [0.2, 0.25) is 0 Å². The maximum absolute atomic E-state index is 13.0. The van der Waals surface area contributed by atoms with E-state index in [1.54, 1.807) is 12.2 Å². The average molecular weight is 371 g/mol. The monoisotopic (exact) mass is 370 g/mol. The van der Waals surface area contributed by atoms with Crippen molar-refractivity contribution in [2.45, 2.75) is 65.8 Å². The van der Waals surface area contributed by atoms with E-state index in [1.807, 2.05) is 0 Å². The van der Waals surface area contributed by atoms with Gasteiger partial charge in [-0.2, -0.15) is 0 Å². The second-order valence-corrected chi connectivity index (χ2v) is 10.7. The summed E-state index contributed by atoms with van der Waals surface area (Å²) in [4.78, 5) is 24.9. The molecule has 148 valence electrons. The molecule has 0 aromatic heterocycles. The molecule has 1 saturated heterocycles. The molecule has 1 amide bonds. The lowest BCUT2D eigenvalue weighted by Crippen LogP contribution is -2.57. The number of amides is 1. The highest BCUT2D eigenvalue weighted by Crippen LogP contribution is 2.63. The van der Waals surface area contributed by atoms with Gasteiger partial charge in [-0.3, -0.25) is 9.59 Å². The fourth-order valence-electron chi connectivity index (χ4n) is 6.69. The highest BCUT2D eigenvalue weighted by atomic mass is 16.2. The van der Waals surface area contributed by atoms with Crippen molar-refractivity contribution in [3.05, 3.63) is 23.9 Å². The molecule has 2 saturated carbocycles. The Hall–Kier alpha value is -1.58. The molecule has 0 bridgehead atoms. The molecule has 1 unspecified atom stereocenters. The van der Waals surface area contributed by atoms with Crippen molar-refractivity contribution >= 4 is 11.7 Å². The van der Waals surface area contributed by atoms with Crippen LogP contribution in [0.15, 0.2) is 23.9 Å². The molecular formula is C23H34N2O2. The van der Waals surface area contributed by atoms with E-state index in [-0.39, 0.29) is 34.0 Å². The molecular weight excluding hydrogens is 336 g/mol. The second-order valence-electron chi connectivity index (χ2n) is 10.7. The molecule has 4 nitrogen and oxygen atoms in total. The zero-order valence-electron chi connectivity index (χ0n) is 17.4. The third kappa shape index (κ3) is 2.87. The summed E-state index contributed by atoms with van der Waals surface area (Å²) in [7, 11) is 0. The maximum Gasteiger partial charge on any atom is 0.224 e. The van der Waals surface area contributed by atoms with Crippen molar-refractivity contribution in [2.75, 3.05) is 6.54 Å². The summed E-state index contributed by atoms with van der Waals surface area (Å²) >= 11 is 0. The van der Waals surface area contributed by atoms with Crippen LogP contribution in [-0.2, 0) is 9.59 Å². The summed E-state index contributed by atoms with van der Waals surface area (Å²) in [6.07, 6.45) is 10.0. The van der Waals surface area contributed by atoms with E-state index in [0.717, 1.165) is 37.9 Å². The zero-order chi connectivity index (χ0) is 19.6. The number of piperidine rings is 1. The summed E-state index contributed by atoms with van der Waals surface area (Å²) in [6.45, 7) is 11.8. The third-order valence-electron chi connectivity index (χ3n) is 8.01. The number of hydrogen-bond acceptors (Lipinski definition) is 3. The van der Waals surface area contributed by atoms with E-state index in [0.29, 0.717) is 17.8 Å². The van der Waals surface area contributed by atoms with Gasteiger partial charge < -0.3 is 10.6 Å². The molecule has 4 heteroatoms. The van der Waals surface area contributed by atoms with Crippen LogP contribution in [0.4, 0.5) is 0 Å². The first kappa shape index (κ1) is 18.8. The lowest BCUT2D eigenvalue weighted by molar-refractivity contribution is -0.133. The molecule has 3 fully saturated rings. The Morgan fingerprint density at radius 1 is 1.19 bits per heavy atom. The Balaban J connectivity index is 1.59. The molecule has 4 aliphatic rings. The minimum Gasteiger partial charge on any atom is -0.387 e. The summed E-state index contributed by atoms with van der Waals surface area (Å²) in [5, 5.41) is 6.83. The first-order chi connectivity index (χ1) is 12.5. The Labute approximate surface area is 163 Å². The quantitative estimate of drug-likeness (QED) is 0.741. The molecule has 1 heterocycles. The van der Waals surface area contributed by atoms with Crippen LogP contribution in [0.3, 0.4) is 0 Å². The van der Waals surface area contributed by atoms with Crippen LogP contribution in [0, 0.1) is 34.5 Å². The van der Waals surface area contributed by atoms with Crippen LogP contribution in [0.1, 0.15) is 60.3 Å². The fraction of sp³-hybridized carbons (Fsp3) is 0.739. The summed E-state index contributed by atoms with van der Waals surface area (Å²) in [5.41, 5.74) is 0.940. The van der Waals surface area contributed by atoms with Crippen molar-refractivity contribution in [3.63, 3.8) is 0 Å². The Morgan fingerprint density at radius 2 is 1.93 bits per heavy atom. The van der Waals surface area contributed by atoms with Crippen LogP contribution in [-0.4, -0.2) is 23.8 Å². The molecule has 6 atom stereocenters. The second kappa shape index (κ2) is 5.96. The van der Waals surface area contributed by atoms with Gasteiger partial charge in [-0.1, -0.05) is 19.9 Å². The Kier molecular flexibility index (Phi) is 4.14. The number of carbonyl (C=O) groups excluding carboxylic acids is 2. The summed E-state index contributed by atoms with van der Waals surface area (Å²) in [5.74, 6) is 2.14. The van der Waals surface area contributed by atoms with E-state index < -0.39 is 0 Å². The van der Waals surface area contributed by atoms with Gasteiger partial charge in [0.25, 0.3) is 0 Å². The molecule has 27 heavy (non-hydrogen) atoms. The van der Waals surface area contributed by atoms with E-state index in [4.69, 9.17) is 0 Å². The number of nitrogens with one attached hydrogen (secondary N) is 2. The van der Waals surface area contributed by atoms with Crippen molar-refractivity contribution in [1.29, 1.82) is 0 Å². The maximum atomic E-state index is 13.0. The molecule has 0 aromatic carbocycles. The van der Waals surface area contributed by atoms with Crippen molar-refractivity contribution in [2.24, 2.45) is 34.5 Å². The Bertz CT molecular complexity index is 731. The minimum absolute atomic E-state index is 0.0656. The predicted octanol–water partition coefficient (Wildman–Crippen LogP) is 3.59. The van der Waals surface area contributed by atoms with Gasteiger partial charge >= 0.3 is 0 Å². The first-order valence-electron chi connectivity index (χ1n) is 10.6. The third-order valence-corrected chi connectivity index (χ3v) is 8.01. The molecule has 3 aliphatic carbocycles. The summed E-state index contributed by atoms with van der Waals surface area (Å²) < 4.78 is 0. The largest absolute Gasteiger partial charge is 0.387 e. The lowest BCUT2D eigenvalue weighted by atomic mass is 9.50. The fourth-order valence-corrected chi connectivity index (χ4v) is 6.69. The van der Waals surface area contributed by atoms with Gasteiger partial charge in [0.15, 0.2) is 5.78 Å². The first-order valence-corrected chi connectivity index (χ1v) is 10.6. The van der Waals surface area contributed by atoms with Crippen LogP contribution in [0.5, 0.6) is 0 Å². The number of carbonyl (C=O) groups is 2. The number of fused-ring (bicyclic) bond motifs is 5. The predicted molar refractivity (Wildman–Crippen MR) is 107 cm³/mol. The van der Waals surface area contributed by atoms with Crippen molar-refractivity contribution < 1.29 is 9.59 Å². The number of ketones is 1. The topological polar surface area (TPSA) is 58.2 Å². The van der Waals surface area contributed by atoms with E-state index in [2.05, 4.69) is 51.3 Å². The van der Waals surface area contributed by atoms with E-state index in [1.165, 1.54) is 0 Å². The van der Waals surface area contributed by atoms with Gasteiger partial charge in [0.05, 0.1) is 0 Å². The van der Waals surface area contributed by atoms with Gasteiger partial charge in [0, 0.05) is 35.2 Å². The highest BCUT2D eigenvalue weighted by Gasteiger charge is 2.60. The SMILES string of the molecule is CC(C)(C)NC(=O)C1CC[C@H]2[C@@H]3CNC4=CC(=O)C=C[C@]4(C)[C@@H]3CC[C@]12C. The van der Waals surface area contributed by atoms with Gasteiger partial charge in [0.1, 0.15) is 0 Å². The van der Waals surface area contributed by atoms with Crippen LogP contribution >= 0.6 is 0 Å². The number of allylic oxidation sites excluding steroid dienone is 3. The molecule has 4 rings (SSSR count). The summed E-state index contributed by atoms with van der Waals surface area (Å²) in [6, 6.07) is 0. The number of hydrogen-bond donors (Lipinski definition) is 2. The molecule has 0 radical (unpaired) electrons. The van der Waals surface area contributed by atoms with E-state index >= 15 is 0 Å².